The van der Waals surface area contributed by atoms with Crippen molar-refractivity contribution < 1.29 is 4.39 Å². The van der Waals surface area contributed by atoms with Crippen molar-refractivity contribution in [2.45, 2.75) is 19.4 Å². The average Bonchev–Trinajstić information content (AvgIpc) is 2.49. The standard InChI is InChI=1S/C11H12ClFN2/c1-6(14)2-7-5-15-11-4-9(12)10(13)3-8(7)11/h3-6,15H,2,14H2,1H3. The van der Waals surface area contributed by atoms with E-state index in [0.717, 1.165) is 22.9 Å². The van der Waals surface area contributed by atoms with Gasteiger partial charge in [-0.25, -0.2) is 4.39 Å². The van der Waals surface area contributed by atoms with E-state index < -0.39 is 5.82 Å². The van der Waals surface area contributed by atoms with Crippen molar-refractivity contribution in [3.63, 3.8) is 0 Å². The van der Waals surface area contributed by atoms with Crippen molar-refractivity contribution in [3.05, 3.63) is 34.7 Å². The molecule has 1 unspecified atom stereocenters. The summed E-state index contributed by atoms with van der Waals surface area (Å²) in [4.78, 5) is 3.05. The van der Waals surface area contributed by atoms with E-state index >= 15 is 0 Å². The van der Waals surface area contributed by atoms with Crippen LogP contribution in [-0.4, -0.2) is 11.0 Å². The topological polar surface area (TPSA) is 41.8 Å². The van der Waals surface area contributed by atoms with Gasteiger partial charge in [0.2, 0.25) is 0 Å². The minimum absolute atomic E-state index is 0.0581. The molecule has 1 heterocycles. The summed E-state index contributed by atoms with van der Waals surface area (Å²) < 4.78 is 13.3. The highest BCUT2D eigenvalue weighted by Crippen LogP contribution is 2.25. The molecule has 0 aliphatic carbocycles. The number of aromatic nitrogens is 1. The van der Waals surface area contributed by atoms with Gasteiger partial charge in [0.15, 0.2) is 0 Å². The summed E-state index contributed by atoms with van der Waals surface area (Å²) in [5, 5.41) is 0.992. The van der Waals surface area contributed by atoms with Gasteiger partial charge in [0, 0.05) is 23.1 Å². The van der Waals surface area contributed by atoms with Crippen LogP contribution in [0.1, 0.15) is 12.5 Å². The minimum Gasteiger partial charge on any atom is -0.361 e. The van der Waals surface area contributed by atoms with E-state index in [1.807, 2.05) is 13.1 Å². The van der Waals surface area contributed by atoms with Gasteiger partial charge in [-0.05, 0) is 31.0 Å². The quantitative estimate of drug-likeness (QED) is 0.813. The van der Waals surface area contributed by atoms with Crippen LogP contribution in [0.4, 0.5) is 4.39 Å². The Bertz CT molecular complexity index is 491. The number of benzene rings is 1. The normalized spacial score (nSPS) is 13.3. The second-order valence-corrected chi connectivity index (χ2v) is 4.21. The largest absolute Gasteiger partial charge is 0.361 e. The van der Waals surface area contributed by atoms with E-state index in [0.29, 0.717) is 0 Å². The molecule has 0 aliphatic rings. The van der Waals surface area contributed by atoms with Crippen LogP contribution in [0.15, 0.2) is 18.3 Å². The minimum atomic E-state index is -0.394. The average molecular weight is 227 g/mol. The maximum Gasteiger partial charge on any atom is 0.142 e. The fraction of sp³-hybridized carbons (Fsp3) is 0.273. The first kappa shape index (κ1) is 10.5. The molecule has 80 valence electrons. The Labute approximate surface area is 92.2 Å². The first-order valence-corrected chi connectivity index (χ1v) is 5.16. The lowest BCUT2D eigenvalue weighted by atomic mass is 10.1. The van der Waals surface area contributed by atoms with E-state index in [1.54, 1.807) is 6.07 Å². The van der Waals surface area contributed by atoms with Gasteiger partial charge in [0.1, 0.15) is 5.82 Å². The molecular weight excluding hydrogens is 215 g/mol. The molecule has 2 nitrogen and oxygen atoms in total. The van der Waals surface area contributed by atoms with Crippen LogP contribution in [0.5, 0.6) is 0 Å². The van der Waals surface area contributed by atoms with Gasteiger partial charge in [0.05, 0.1) is 5.02 Å². The molecular formula is C11H12ClFN2. The lowest BCUT2D eigenvalue weighted by molar-refractivity contribution is 0.630. The van der Waals surface area contributed by atoms with E-state index in [1.165, 1.54) is 6.07 Å². The molecule has 1 atom stereocenters. The van der Waals surface area contributed by atoms with Gasteiger partial charge in [-0.1, -0.05) is 11.6 Å². The van der Waals surface area contributed by atoms with Crippen LogP contribution in [0, 0.1) is 5.82 Å². The highest BCUT2D eigenvalue weighted by molar-refractivity contribution is 6.31. The monoisotopic (exact) mass is 226 g/mol. The summed E-state index contributed by atoms with van der Waals surface area (Å²) >= 11 is 5.68. The van der Waals surface area contributed by atoms with Crippen LogP contribution >= 0.6 is 11.6 Å². The fourth-order valence-corrected chi connectivity index (χ4v) is 1.85. The summed E-state index contributed by atoms with van der Waals surface area (Å²) in [5.41, 5.74) is 7.58. The van der Waals surface area contributed by atoms with E-state index in [4.69, 9.17) is 17.3 Å². The Morgan fingerprint density at radius 1 is 1.53 bits per heavy atom. The molecule has 0 amide bonds. The van der Waals surface area contributed by atoms with E-state index in [2.05, 4.69) is 4.98 Å². The van der Waals surface area contributed by atoms with Crippen molar-refractivity contribution in [2.75, 3.05) is 0 Å². The molecule has 1 aromatic heterocycles. The number of nitrogens with two attached hydrogens (primary N) is 1. The molecule has 4 heteroatoms. The van der Waals surface area contributed by atoms with Gasteiger partial charge in [-0.15, -0.1) is 0 Å². The van der Waals surface area contributed by atoms with Crippen molar-refractivity contribution in [1.82, 2.24) is 4.98 Å². The zero-order valence-electron chi connectivity index (χ0n) is 8.35. The SMILES string of the molecule is CC(N)Cc1c[nH]c2cc(Cl)c(F)cc12. The van der Waals surface area contributed by atoms with Crippen LogP contribution in [0.25, 0.3) is 10.9 Å². The fourth-order valence-electron chi connectivity index (χ4n) is 1.69. The lowest BCUT2D eigenvalue weighted by Gasteiger charge is -2.03. The van der Waals surface area contributed by atoms with Crippen LogP contribution in [0.3, 0.4) is 0 Å². The lowest BCUT2D eigenvalue weighted by Crippen LogP contribution is -2.17. The molecule has 0 aliphatic heterocycles. The Kier molecular flexibility index (Phi) is 2.67. The second kappa shape index (κ2) is 3.83. The molecule has 1 aromatic carbocycles. The predicted molar refractivity (Wildman–Crippen MR) is 60.6 cm³/mol. The predicted octanol–water partition coefficient (Wildman–Crippen LogP) is 2.85. The zero-order valence-corrected chi connectivity index (χ0v) is 9.11. The van der Waals surface area contributed by atoms with E-state index in [-0.39, 0.29) is 11.1 Å². The molecule has 0 saturated heterocycles. The Morgan fingerprint density at radius 2 is 2.27 bits per heavy atom. The van der Waals surface area contributed by atoms with Gasteiger partial charge >= 0.3 is 0 Å². The highest BCUT2D eigenvalue weighted by atomic mass is 35.5. The van der Waals surface area contributed by atoms with Gasteiger partial charge < -0.3 is 10.7 Å². The number of rotatable bonds is 2. The summed E-state index contributed by atoms with van der Waals surface area (Å²) in [6.45, 7) is 1.92. The van der Waals surface area contributed by atoms with Gasteiger partial charge in [0.25, 0.3) is 0 Å². The van der Waals surface area contributed by atoms with Crippen molar-refractivity contribution >= 4 is 22.5 Å². The summed E-state index contributed by atoms with van der Waals surface area (Å²) in [6, 6.07) is 3.10. The second-order valence-electron chi connectivity index (χ2n) is 3.81. The molecule has 15 heavy (non-hydrogen) atoms. The maximum atomic E-state index is 13.3. The molecule has 0 bridgehead atoms. The first-order chi connectivity index (χ1) is 7.08. The number of H-pyrrole nitrogens is 1. The zero-order chi connectivity index (χ0) is 11.0. The summed E-state index contributed by atoms with van der Waals surface area (Å²) in [6.07, 6.45) is 2.57. The number of fused-ring (bicyclic) bond motifs is 1. The number of halogens is 2. The number of nitrogens with one attached hydrogen (secondary N) is 1. The number of hydrogen-bond donors (Lipinski definition) is 2. The third-order valence-electron chi connectivity index (χ3n) is 2.35. The van der Waals surface area contributed by atoms with Gasteiger partial charge in [-0.3, -0.25) is 0 Å². The molecule has 0 spiro atoms. The molecule has 2 rings (SSSR count). The third-order valence-corrected chi connectivity index (χ3v) is 2.64. The highest BCUT2D eigenvalue weighted by Gasteiger charge is 2.09. The number of aromatic amines is 1. The Hall–Kier alpha value is -1.06. The van der Waals surface area contributed by atoms with Crippen molar-refractivity contribution in [2.24, 2.45) is 5.73 Å². The van der Waals surface area contributed by atoms with Crippen molar-refractivity contribution in [1.29, 1.82) is 0 Å². The maximum absolute atomic E-state index is 13.3. The Balaban J connectivity index is 2.54. The van der Waals surface area contributed by atoms with Gasteiger partial charge in [-0.2, -0.15) is 0 Å². The third kappa shape index (κ3) is 1.98. The number of hydrogen-bond acceptors (Lipinski definition) is 1. The summed E-state index contributed by atoms with van der Waals surface area (Å²) in [7, 11) is 0. The first-order valence-electron chi connectivity index (χ1n) is 4.78. The Morgan fingerprint density at radius 3 is 2.93 bits per heavy atom. The van der Waals surface area contributed by atoms with Crippen molar-refractivity contribution in [3.8, 4) is 0 Å². The molecule has 0 radical (unpaired) electrons. The van der Waals surface area contributed by atoms with E-state index in [9.17, 15) is 4.39 Å². The molecule has 2 aromatic rings. The summed E-state index contributed by atoms with van der Waals surface area (Å²) in [5.74, 6) is -0.394. The smallest absolute Gasteiger partial charge is 0.142 e. The molecule has 3 N–H and O–H groups in total. The molecule has 0 fully saturated rings. The molecule has 0 saturated carbocycles. The van der Waals surface area contributed by atoms with Crippen LogP contribution in [-0.2, 0) is 6.42 Å². The van der Waals surface area contributed by atoms with Crippen LogP contribution in [0.2, 0.25) is 5.02 Å². The van der Waals surface area contributed by atoms with Crippen LogP contribution < -0.4 is 5.73 Å².